The number of hydrogen-bond donors (Lipinski definition) is 1. The average molecular weight is 267 g/mol. The van der Waals surface area contributed by atoms with Crippen molar-refractivity contribution in [2.75, 3.05) is 13.1 Å². The summed E-state index contributed by atoms with van der Waals surface area (Å²) in [4.78, 5) is 17.5. The minimum Gasteiger partial charge on any atom is -0.481 e. The molecule has 0 unspecified atom stereocenters. The van der Waals surface area contributed by atoms with E-state index in [-0.39, 0.29) is 11.8 Å². The van der Waals surface area contributed by atoms with Crippen LogP contribution in [0.5, 0.6) is 0 Å². The van der Waals surface area contributed by atoms with Gasteiger partial charge in [-0.05, 0) is 12.3 Å². The van der Waals surface area contributed by atoms with Crippen molar-refractivity contribution >= 4 is 5.97 Å². The molecule has 0 spiro atoms. The van der Waals surface area contributed by atoms with E-state index in [1.54, 1.807) is 0 Å². The van der Waals surface area contributed by atoms with Crippen molar-refractivity contribution in [3.8, 4) is 0 Å². The maximum absolute atomic E-state index is 11.1. The number of nitrogens with zero attached hydrogens (tertiary/aromatic N) is 3. The highest BCUT2D eigenvalue weighted by Gasteiger charge is 2.35. The van der Waals surface area contributed by atoms with Crippen molar-refractivity contribution < 1.29 is 14.4 Å². The van der Waals surface area contributed by atoms with Crippen molar-refractivity contribution in [2.45, 2.75) is 39.7 Å². The van der Waals surface area contributed by atoms with Crippen LogP contribution in [0.1, 0.15) is 38.4 Å². The number of carboxylic acid groups (broad SMARTS) is 1. The number of aliphatic carboxylic acids is 1. The fourth-order valence-corrected chi connectivity index (χ4v) is 2.50. The van der Waals surface area contributed by atoms with Gasteiger partial charge in [-0.3, -0.25) is 9.69 Å². The first-order valence-electron chi connectivity index (χ1n) is 6.86. The lowest BCUT2D eigenvalue weighted by atomic mass is 9.99. The predicted octanol–water partition coefficient (Wildman–Crippen LogP) is 1.56. The minimum absolute atomic E-state index is 0.167. The maximum atomic E-state index is 11.1. The zero-order valence-electron chi connectivity index (χ0n) is 11.5. The molecule has 0 amide bonds. The van der Waals surface area contributed by atoms with Crippen LogP contribution in [-0.4, -0.2) is 39.2 Å². The van der Waals surface area contributed by atoms with Crippen LogP contribution in [0.25, 0.3) is 0 Å². The number of aryl methyl sites for hydroxylation is 1. The second kappa shape index (κ2) is 6.14. The lowest BCUT2D eigenvalue weighted by molar-refractivity contribution is -0.142. The molecular formula is C13H21N3O3. The molecule has 1 fully saturated rings. The molecular weight excluding hydrogens is 246 g/mol. The third kappa shape index (κ3) is 3.53. The monoisotopic (exact) mass is 267 g/mol. The highest BCUT2D eigenvalue weighted by Crippen LogP contribution is 2.24. The number of likely N-dealkylation sites (tertiary alicyclic amines) is 1. The SMILES string of the molecule is CCCCc1noc(CN2C[C@@H](C)[C@H](C(=O)O)C2)n1. The van der Waals surface area contributed by atoms with E-state index in [0.29, 0.717) is 19.0 Å². The Morgan fingerprint density at radius 3 is 2.95 bits per heavy atom. The van der Waals surface area contributed by atoms with Gasteiger partial charge in [0, 0.05) is 19.5 Å². The Labute approximate surface area is 112 Å². The quantitative estimate of drug-likeness (QED) is 0.842. The number of unbranched alkanes of at least 4 members (excludes halogenated alkanes) is 1. The molecule has 106 valence electrons. The lowest BCUT2D eigenvalue weighted by Crippen LogP contribution is -2.23. The first-order chi connectivity index (χ1) is 9.10. The van der Waals surface area contributed by atoms with E-state index in [4.69, 9.17) is 9.63 Å². The Hall–Kier alpha value is -1.43. The molecule has 0 aliphatic carbocycles. The molecule has 1 aromatic heterocycles. The largest absolute Gasteiger partial charge is 0.481 e. The van der Waals surface area contributed by atoms with Gasteiger partial charge in [0.2, 0.25) is 5.89 Å². The second-order valence-corrected chi connectivity index (χ2v) is 5.32. The third-order valence-electron chi connectivity index (χ3n) is 3.63. The molecule has 1 N–H and O–H groups in total. The van der Waals surface area contributed by atoms with Gasteiger partial charge in [-0.2, -0.15) is 4.98 Å². The van der Waals surface area contributed by atoms with Crippen LogP contribution < -0.4 is 0 Å². The molecule has 0 saturated carbocycles. The molecule has 1 saturated heterocycles. The number of hydrogen-bond acceptors (Lipinski definition) is 5. The minimum atomic E-state index is -0.718. The summed E-state index contributed by atoms with van der Waals surface area (Å²) in [5, 5.41) is 13.0. The van der Waals surface area contributed by atoms with E-state index in [9.17, 15) is 4.79 Å². The molecule has 19 heavy (non-hydrogen) atoms. The molecule has 1 aliphatic heterocycles. The molecule has 1 aromatic rings. The number of aromatic nitrogens is 2. The van der Waals surface area contributed by atoms with Crippen LogP contribution in [0.2, 0.25) is 0 Å². The topological polar surface area (TPSA) is 79.5 Å². The Morgan fingerprint density at radius 1 is 1.53 bits per heavy atom. The standard InChI is InChI=1S/C13H21N3O3/c1-3-4-5-11-14-12(19-15-11)8-16-6-9(2)10(7-16)13(17)18/h9-10H,3-8H2,1-2H3,(H,17,18)/t9-,10-/m1/s1. The van der Waals surface area contributed by atoms with Crippen molar-refractivity contribution in [2.24, 2.45) is 11.8 Å². The Balaban J connectivity index is 1.88. The van der Waals surface area contributed by atoms with Gasteiger partial charge in [-0.25, -0.2) is 0 Å². The van der Waals surface area contributed by atoms with Gasteiger partial charge >= 0.3 is 5.97 Å². The zero-order valence-corrected chi connectivity index (χ0v) is 11.5. The molecule has 1 aliphatic rings. The summed E-state index contributed by atoms with van der Waals surface area (Å²) in [6.45, 7) is 5.97. The molecule has 2 rings (SSSR count). The second-order valence-electron chi connectivity index (χ2n) is 5.32. The first-order valence-corrected chi connectivity index (χ1v) is 6.86. The number of carbonyl (C=O) groups is 1. The van der Waals surface area contributed by atoms with Gasteiger partial charge < -0.3 is 9.63 Å². The Bertz CT molecular complexity index is 433. The van der Waals surface area contributed by atoms with Crippen molar-refractivity contribution in [1.29, 1.82) is 0 Å². The molecule has 6 nitrogen and oxygen atoms in total. The highest BCUT2D eigenvalue weighted by molar-refractivity contribution is 5.71. The summed E-state index contributed by atoms with van der Waals surface area (Å²) in [7, 11) is 0. The number of carboxylic acids is 1. The van der Waals surface area contributed by atoms with Gasteiger partial charge in [0.15, 0.2) is 5.82 Å². The number of rotatable bonds is 6. The third-order valence-corrected chi connectivity index (χ3v) is 3.63. The van der Waals surface area contributed by atoms with Crippen LogP contribution in [0.3, 0.4) is 0 Å². The fraction of sp³-hybridized carbons (Fsp3) is 0.769. The molecule has 2 heterocycles. The maximum Gasteiger partial charge on any atom is 0.308 e. The van der Waals surface area contributed by atoms with E-state index in [0.717, 1.165) is 31.6 Å². The summed E-state index contributed by atoms with van der Waals surface area (Å²) < 4.78 is 5.20. The van der Waals surface area contributed by atoms with Crippen LogP contribution >= 0.6 is 0 Å². The average Bonchev–Trinajstić information content (AvgIpc) is 2.94. The van der Waals surface area contributed by atoms with E-state index < -0.39 is 5.97 Å². The summed E-state index contributed by atoms with van der Waals surface area (Å²) in [5.41, 5.74) is 0. The summed E-state index contributed by atoms with van der Waals surface area (Å²) in [6.07, 6.45) is 3.00. The normalized spacial score (nSPS) is 23.9. The smallest absolute Gasteiger partial charge is 0.308 e. The Kier molecular flexibility index (Phi) is 4.52. The summed E-state index contributed by atoms with van der Waals surface area (Å²) in [5.74, 6) is 0.495. The van der Waals surface area contributed by atoms with Crippen molar-refractivity contribution in [3.05, 3.63) is 11.7 Å². The van der Waals surface area contributed by atoms with Crippen molar-refractivity contribution in [1.82, 2.24) is 15.0 Å². The van der Waals surface area contributed by atoms with Gasteiger partial charge in [0.05, 0.1) is 12.5 Å². The van der Waals surface area contributed by atoms with E-state index in [2.05, 4.69) is 22.0 Å². The van der Waals surface area contributed by atoms with Crippen LogP contribution in [-0.2, 0) is 17.8 Å². The van der Waals surface area contributed by atoms with Gasteiger partial charge in [-0.15, -0.1) is 0 Å². The van der Waals surface area contributed by atoms with Crippen LogP contribution in [0.15, 0.2) is 4.52 Å². The molecule has 0 bridgehead atoms. The van der Waals surface area contributed by atoms with Gasteiger partial charge in [0.1, 0.15) is 0 Å². The van der Waals surface area contributed by atoms with E-state index in [1.165, 1.54) is 0 Å². The lowest BCUT2D eigenvalue weighted by Gasteiger charge is -2.11. The summed E-state index contributed by atoms with van der Waals surface area (Å²) in [6, 6.07) is 0. The van der Waals surface area contributed by atoms with Crippen LogP contribution in [0, 0.1) is 11.8 Å². The molecule has 6 heteroatoms. The predicted molar refractivity (Wildman–Crippen MR) is 68.5 cm³/mol. The molecule has 2 atom stereocenters. The van der Waals surface area contributed by atoms with E-state index in [1.807, 2.05) is 6.92 Å². The molecule has 0 aromatic carbocycles. The first kappa shape index (κ1) is 14.0. The van der Waals surface area contributed by atoms with E-state index >= 15 is 0 Å². The highest BCUT2D eigenvalue weighted by atomic mass is 16.5. The van der Waals surface area contributed by atoms with Gasteiger partial charge in [-0.1, -0.05) is 25.4 Å². The Morgan fingerprint density at radius 2 is 2.32 bits per heavy atom. The molecule has 0 radical (unpaired) electrons. The zero-order chi connectivity index (χ0) is 13.8. The summed E-state index contributed by atoms with van der Waals surface area (Å²) >= 11 is 0. The van der Waals surface area contributed by atoms with Crippen LogP contribution in [0.4, 0.5) is 0 Å². The fourth-order valence-electron chi connectivity index (χ4n) is 2.50. The van der Waals surface area contributed by atoms with Crippen molar-refractivity contribution in [3.63, 3.8) is 0 Å². The van der Waals surface area contributed by atoms with Gasteiger partial charge in [0.25, 0.3) is 0 Å².